The molecule has 0 aliphatic rings. The minimum atomic E-state index is -0.481. The van der Waals surface area contributed by atoms with E-state index >= 15 is 0 Å². The van der Waals surface area contributed by atoms with Crippen LogP contribution in [0, 0.1) is 0 Å². The van der Waals surface area contributed by atoms with Gasteiger partial charge in [-0.1, -0.05) is 39.7 Å². The van der Waals surface area contributed by atoms with Gasteiger partial charge in [-0.3, -0.25) is 4.79 Å². The third-order valence-electron chi connectivity index (χ3n) is 2.72. The molecule has 1 heterocycles. The van der Waals surface area contributed by atoms with E-state index in [1.54, 1.807) is 5.51 Å². The van der Waals surface area contributed by atoms with E-state index in [2.05, 4.69) is 26.2 Å². The van der Waals surface area contributed by atoms with Crippen molar-refractivity contribution in [2.45, 2.75) is 19.4 Å². The van der Waals surface area contributed by atoms with Gasteiger partial charge in [-0.15, -0.1) is 11.3 Å². The Kier molecular flexibility index (Phi) is 4.28. The van der Waals surface area contributed by atoms with Gasteiger partial charge in [0.15, 0.2) is 5.15 Å². The maximum Gasteiger partial charge on any atom is 0.265 e. The molecule has 1 aromatic carbocycles. The number of amides is 1. The van der Waals surface area contributed by atoms with Crippen LogP contribution in [0.5, 0.6) is 0 Å². The summed E-state index contributed by atoms with van der Waals surface area (Å²) in [4.78, 5) is 16.5. The number of rotatable bonds is 3. The Hall–Kier alpha value is -0.910. The van der Waals surface area contributed by atoms with Gasteiger partial charge in [0.05, 0.1) is 11.0 Å². The van der Waals surface area contributed by atoms with Gasteiger partial charge in [-0.05, 0) is 31.5 Å². The lowest BCUT2D eigenvalue weighted by molar-refractivity contribution is 0.0916. The van der Waals surface area contributed by atoms with Gasteiger partial charge in [0, 0.05) is 4.47 Å². The third kappa shape index (κ3) is 3.35. The quantitative estimate of drug-likeness (QED) is 0.891. The monoisotopic (exact) mass is 358 g/mol. The number of hydrogen-bond acceptors (Lipinski definition) is 3. The summed E-state index contributed by atoms with van der Waals surface area (Å²) in [5.74, 6) is -0.208. The van der Waals surface area contributed by atoms with E-state index in [1.165, 1.54) is 11.3 Å². The fourth-order valence-corrected chi connectivity index (χ4v) is 2.82. The summed E-state index contributed by atoms with van der Waals surface area (Å²) in [7, 11) is 0. The topological polar surface area (TPSA) is 42.0 Å². The molecular weight excluding hydrogens is 348 g/mol. The predicted molar refractivity (Wildman–Crippen MR) is 81.8 cm³/mol. The summed E-state index contributed by atoms with van der Waals surface area (Å²) in [5.41, 5.74) is 2.10. The molecule has 0 aliphatic heterocycles. The van der Waals surface area contributed by atoms with Gasteiger partial charge in [-0.2, -0.15) is 0 Å². The van der Waals surface area contributed by atoms with Crippen molar-refractivity contribution >= 4 is 44.8 Å². The van der Waals surface area contributed by atoms with Crippen molar-refractivity contribution in [3.63, 3.8) is 0 Å². The van der Waals surface area contributed by atoms with Crippen LogP contribution in [0.2, 0.25) is 5.15 Å². The first kappa shape index (κ1) is 14.5. The fraction of sp³-hybridized carbons (Fsp3) is 0.231. The largest absolute Gasteiger partial charge is 0.342 e. The number of hydrogen-bond donors (Lipinski definition) is 1. The molecule has 1 amide bonds. The van der Waals surface area contributed by atoms with Gasteiger partial charge in [0.25, 0.3) is 5.91 Å². The van der Waals surface area contributed by atoms with Crippen LogP contribution in [0.4, 0.5) is 0 Å². The lowest BCUT2D eigenvalue weighted by Crippen LogP contribution is -2.40. The minimum Gasteiger partial charge on any atom is -0.342 e. The van der Waals surface area contributed by atoms with Crippen LogP contribution >= 0.6 is 38.9 Å². The average Bonchev–Trinajstić information content (AvgIpc) is 2.75. The first-order chi connectivity index (χ1) is 8.90. The number of thiazole rings is 1. The van der Waals surface area contributed by atoms with Crippen molar-refractivity contribution in [1.82, 2.24) is 10.3 Å². The van der Waals surface area contributed by atoms with E-state index in [1.807, 2.05) is 38.1 Å². The molecule has 1 aromatic heterocycles. The van der Waals surface area contributed by atoms with E-state index < -0.39 is 5.54 Å². The molecule has 2 rings (SSSR count). The second-order valence-electron chi connectivity index (χ2n) is 4.56. The lowest BCUT2D eigenvalue weighted by Gasteiger charge is -2.26. The molecule has 1 N–H and O–H groups in total. The molecular formula is C13H12BrClN2OS. The maximum absolute atomic E-state index is 12.1. The second-order valence-corrected chi connectivity index (χ2v) is 6.69. The van der Waals surface area contributed by atoms with E-state index in [0.717, 1.165) is 10.0 Å². The molecule has 0 atom stereocenters. The third-order valence-corrected chi connectivity index (χ3v) is 4.47. The molecule has 0 spiro atoms. The molecule has 0 saturated heterocycles. The lowest BCUT2D eigenvalue weighted by atomic mass is 9.94. The Bertz CT molecular complexity index is 595. The fourth-order valence-electron chi connectivity index (χ4n) is 1.66. The molecule has 0 saturated carbocycles. The van der Waals surface area contributed by atoms with Crippen molar-refractivity contribution in [3.8, 4) is 0 Å². The molecule has 6 heteroatoms. The zero-order chi connectivity index (χ0) is 14.0. The number of nitrogens with one attached hydrogen (secondary N) is 1. The standard InChI is InChI=1S/C13H12BrClN2OS/c1-13(2,8-3-5-9(14)6-4-8)17-12(18)10-11(15)16-7-19-10/h3-7H,1-2H3,(H,17,18). The second kappa shape index (κ2) is 5.61. The molecule has 0 aliphatic carbocycles. The first-order valence-electron chi connectivity index (χ1n) is 5.58. The van der Waals surface area contributed by atoms with Crippen molar-refractivity contribution in [2.75, 3.05) is 0 Å². The van der Waals surface area contributed by atoms with Gasteiger partial charge >= 0.3 is 0 Å². The van der Waals surface area contributed by atoms with Crippen LogP contribution in [0.15, 0.2) is 34.2 Å². The van der Waals surface area contributed by atoms with Crippen LogP contribution < -0.4 is 5.32 Å². The summed E-state index contributed by atoms with van der Waals surface area (Å²) in [6.45, 7) is 3.89. The van der Waals surface area contributed by atoms with Gasteiger partial charge in [0.2, 0.25) is 0 Å². The summed E-state index contributed by atoms with van der Waals surface area (Å²) >= 11 is 10.5. The van der Waals surface area contributed by atoms with Crippen LogP contribution in [0.1, 0.15) is 29.1 Å². The van der Waals surface area contributed by atoms with Crippen molar-refractivity contribution in [3.05, 3.63) is 49.8 Å². The Labute approximate surface area is 129 Å². The maximum atomic E-state index is 12.1. The molecule has 0 fully saturated rings. The summed E-state index contributed by atoms with van der Waals surface area (Å²) in [6, 6.07) is 7.84. The Morgan fingerprint density at radius 3 is 2.53 bits per heavy atom. The molecule has 19 heavy (non-hydrogen) atoms. The number of carbonyl (C=O) groups is 1. The number of carbonyl (C=O) groups excluding carboxylic acids is 1. The van der Waals surface area contributed by atoms with Gasteiger partial charge in [0.1, 0.15) is 4.88 Å². The van der Waals surface area contributed by atoms with E-state index in [4.69, 9.17) is 11.6 Å². The van der Waals surface area contributed by atoms with Gasteiger partial charge < -0.3 is 5.32 Å². The molecule has 0 unspecified atom stereocenters. The zero-order valence-electron chi connectivity index (χ0n) is 10.4. The zero-order valence-corrected chi connectivity index (χ0v) is 13.6. The normalized spacial score (nSPS) is 11.4. The van der Waals surface area contributed by atoms with Crippen LogP contribution in [0.3, 0.4) is 0 Å². The van der Waals surface area contributed by atoms with Crippen molar-refractivity contribution in [2.24, 2.45) is 0 Å². The molecule has 0 bridgehead atoms. The highest BCUT2D eigenvalue weighted by molar-refractivity contribution is 9.10. The molecule has 100 valence electrons. The summed E-state index contributed by atoms with van der Waals surface area (Å²) in [5, 5.41) is 3.21. The van der Waals surface area contributed by atoms with Crippen molar-refractivity contribution < 1.29 is 4.79 Å². The van der Waals surface area contributed by atoms with Crippen LogP contribution in [-0.2, 0) is 5.54 Å². The van der Waals surface area contributed by atoms with E-state index in [0.29, 0.717) is 4.88 Å². The van der Waals surface area contributed by atoms with Crippen LogP contribution in [0.25, 0.3) is 0 Å². The number of aromatic nitrogens is 1. The van der Waals surface area contributed by atoms with Crippen molar-refractivity contribution in [1.29, 1.82) is 0 Å². The molecule has 3 nitrogen and oxygen atoms in total. The first-order valence-corrected chi connectivity index (χ1v) is 7.63. The van der Waals surface area contributed by atoms with E-state index in [9.17, 15) is 4.79 Å². The SMILES string of the molecule is CC(C)(NC(=O)c1scnc1Cl)c1ccc(Br)cc1. The van der Waals surface area contributed by atoms with Gasteiger partial charge in [-0.25, -0.2) is 4.98 Å². The minimum absolute atomic E-state index is 0.208. The number of benzene rings is 1. The number of halogens is 2. The highest BCUT2D eigenvalue weighted by atomic mass is 79.9. The Balaban J connectivity index is 2.19. The highest BCUT2D eigenvalue weighted by Crippen LogP contribution is 2.24. The van der Waals surface area contributed by atoms with E-state index in [-0.39, 0.29) is 11.1 Å². The number of nitrogens with zero attached hydrogens (tertiary/aromatic N) is 1. The summed E-state index contributed by atoms with van der Waals surface area (Å²) < 4.78 is 1.00. The summed E-state index contributed by atoms with van der Waals surface area (Å²) in [6.07, 6.45) is 0. The smallest absolute Gasteiger partial charge is 0.265 e. The Morgan fingerprint density at radius 1 is 1.37 bits per heavy atom. The van der Waals surface area contributed by atoms with Crippen LogP contribution in [-0.4, -0.2) is 10.9 Å². The molecule has 0 radical (unpaired) electrons. The Morgan fingerprint density at radius 2 is 2.00 bits per heavy atom. The average molecular weight is 360 g/mol. The predicted octanol–water partition coefficient (Wildman–Crippen LogP) is 4.22. The highest BCUT2D eigenvalue weighted by Gasteiger charge is 2.25. The molecule has 2 aromatic rings.